The molecule has 0 bridgehead atoms. The van der Waals surface area contributed by atoms with Crippen LogP contribution in [0.1, 0.15) is 13.3 Å². The Bertz CT molecular complexity index is 1100. The third-order valence-electron chi connectivity index (χ3n) is 5.52. The lowest BCUT2D eigenvalue weighted by molar-refractivity contribution is -0.123. The molecular weight excluding hydrogens is 445 g/mol. The van der Waals surface area contributed by atoms with Crippen LogP contribution < -0.4 is 14.8 Å². The standard InChI is InChI=1S/C24H26FN3O4S/c1-24(30)15-28(11-10-21(24)32-19-5-3-4-17(25)12-19)13-22(29)27-23-26-20(14-33-23)16-6-8-18(31-2)9-7-16/h3-9,12,14,21,30H,10-11,13,15H2,1-2H3,(H,26,27,29)/t21-,24-/m0/s1. The van der Waals surface area contributed by atoms with Crippen LogP contribution >= 0.6 is 11.3 Å². The van der Waals surface area contributed by atoms with Crippen LogP contribution in [-0.4, -0.2) is 59.3 Å². The van der Waals surface area contributed by atoms with Gasteiger partial charge in [0.05, 0.1) is 19.3 Å². The highest BCUT2D eigenvalue weighted by molar-refractivity contribution is 7.14. The van der Waals surface area contributed by atoms with Crippen molar-refractivity contribution in [2.45, 2.75) is 25.0 Å². The zero-order valence-electron chi connectivity index (χ0n) is 18.5. The minimum Gasteiger partial charge on any atom is -0.497 e. The van der Waals surface area contributed by atoms with E-state index in [2.05, 4.69) is 10.3 Å². The van der Waals surface area contributed by atoms with Gasteiger partial charge in [0.2, 0.25) is 5.91 Å². The second-order valence-electron chi connectivity index (χ2n) is 8.23. The Balaban J connectivity index is 1.31. The molecule has 0 unspecified atom stereocenters. The second-order valence-corrected chi connectivity index (χ2v) is 9.09. The van der Waals surface area contributed by atoms with E-state index in [9.17, 15) is 14.3 Å². The van der Waals surface area contributed by atoms with E-state index in [-0.39, 0.29) is 19.0 Å². The lowest BCUT2D eigenvalue weighted by Gasteiger charge is -2.42. The Morgan fingerprint density at radius 1 is 1.30 bits per heavy atom. The molecule has 3 aromatic rings. The van der Waals surface area contributed by atoms with E-state index >= 15 is 0 Å². The van der Waals surface area contributed by atoms with E-state index in [4.69, 9.17) is 9.47 Å². The Morgan fingerprint density at radius 3 is 2.79 bits per heavy atom. The average molecular weight is 472 g/mol. The first-order chi connectivity index (χ1) is 15.8. The van der Waals surface area contributed by atoms with Gasteiger partial charge in [-0.25, -0.2) is 9.37 Å². The molecule has 2 aromatic carbocycles. The van der Waals surface area contributed by atoms with E-state index in [1.54, 1.807) is 26.2 Å². The van der Waals surface area contributed by atoms with Gasteiger partial charge >= 0.3 is 0 Å². The molecule has 2 heterocycles. The number of hydrogen-bond acceptors (Lipinski definition) is 7. The van der Waals surface area contributed by atoms with E-state index in [1.165, 1.54) is 23.5 Å². The largest absolute Gasteiger partial charge is 0.497 e. The molecule has 4 rings (SSSR count). The van der Waals surface area contributed by atoms with Crippen molar-refractivity contribution in [2.24, 2.45) is 0 Å². The maximum absolute atomic E-state index is 13.4. The highest BCUT2D eigenvalue weighted by atomic mass is 32.1. The number of piperidine rings is 1. The van der Waals surface area contributed by atoms with Gasteiger partial charge in [-0.3, -0.25) is 9.69 Å². The number of halogens is 1. The number of nitrogens with one attached hydrogen (secondary N) is 1. The van der Waals surface area contributed by atoms with Crippen molar-refractivity contribution in [2.75, 3.05) is 32.1 Å². The normalized spacial score (nSPS) is 20.9. The fraction of sp³-hybridized carbons (Fsp3) is 0.333. The van der Waals surface area contributed by atoms with E-state index in [1.807, 2.05) is 34.5 Å². The Morgan fingerprint density at radius 2 is 2.09 bits per heavy atom. The molecule has 1 aromatic heterocycles. The van der Waals surface area contributed by atoms with Gasteiger partial charge in [-0.15, -0.1) is 11.3 Å². The number of hydrogen-bond donors (Lipinski definition) is 2. The molecule has 1 aliphatic heterocycles. The number of benzene rings is 2. The Kier molecular flexibility index (Phi) is 6.92. The topological polar surface area (TPSA) is 83.9 Å². The molecule has 0 aliphatic carbocycles. The van der Waals surface area contributed by atoms with E-state index < -0.39 is 17.5 Å². The fourth-order valence-corrected chi connectivity index (χ4v) is 4.59. The predicted molar refractivity (Wildman–Crippen MR) is 125 cm³/mol. The van der Waals surface area contributed by atoms with Gasteiger partial charge in [-0.1, -0.05) is 6.07 Å². The van der Waals surface area contributed by atoms with E-state index in [0.717, 1.165) is 17.0 Å². The summed E-state index contributed by atoms with van der Waals surface area (Å²) in [7, 11) is 1.62. The predicted octanol–water partition coefficient (Wildman–Crippen LogP) is 3.80. The molecule has 2 N–H and O–H groups in total. The number of aromatic nitrogens is 1. The van der Waals surface area contributed by atoms with Crippen LogP contribution in [0.3, 0.4) is 0 Å². The minimum absolute atomic E-state index is 0.125. The number of methoxy groups -OCH3 is 1. The van der Waals surface area contributed by atoms with Gasteiger partial charge in [-0.2, -0.15) is 0 Å². The zero-order chi connectivity index (χ0) is 23.4. The maximum Gasteiger partial charge on any atom is 0.240 e. The van der Waals surface area contributed by atoms with Crippen LogP contribution in [0.25, 0.3) is 11.3 Å². The minimum atomic E-state index is -1.19. The summed E-state index contributed by atoms with van der Waals surface area (Å²) < 4.78 is 24.4. The number of ether oxygens (including phenoxy) is 2. The summed E-state index contributed by atoms with van der Waals surface area (Å²) in [4.78, 5) is 18.9. The number of carbonyl (C=O) groups excluding carboxylic acids is 1. The summed E-state index contributed by atoms with van der Waals surface area (Å²) >= 11 is 1.35. The molecule has 7 nitrogen and oxygen atoms in total. The van der Waals surface area contributed by atoms with Gasteiger partial charge in [0.25, 0.3) is 0 Å². The molecule has 1 aliphatic rings. The number of carbonyl (C=O) groups is 1. The van der Waals surface area contributed by atoms with Crippen molar-refractivity contribution >= 4 is 22.4 Å². The molecule has 9 heteroatoms. The quantitative estimate of drug-likeness (QED) is 0.545. The van der Waals surface area contributed by atoms with Crippen molar-refractivity contribution in [1.29, 1.82) is 0 Å². The lowest BCUT2D eigenvalue weighted by Crippen LogP contribution is -2.58. The molecule has 0 radical (unpaired) electrons. The van der Waals surface area contributed by atoms with Crippen molar-refractivity contribution in [3.63, 3.8) is 0 Å². The summed E-state index contributed by atoms with van der Waals surface area (Å²) in [5.74, 6) is 0.552. The molecule has 174 valence electrons. The number of likely N-dealkylation sites (tertiary alicyclic amines) is 1. The van der Waals surface area contributed by atoms with E-state index in [0.29, 0.717) is 23.8 Å². The molecule has 2 atom stereocenters. The van der Waals surface area contributed by atoms with Gasteiger partial charge in [0, 0.05) is 30.1 Å². The fourth-order valence-electron chi connectivity index (χ4n) is 3.86. The average Bonchev–Trinajstić information content (AvgIpc) is 3.23. The van der Waals surface area contributed by atoms with Crippen LogP contribution in [0, 0.1) is 5.82 Å². The third-order valence-corrected chi connectivity index (χ3v) is 6.28. The first-order valence-electron chi connectivity index (χ1n) is 10.6. The molecule has 1 saturated heterocycles. The third kappa shape index (κ3) is 5.87. The van der Waals surface area contributed by atoms with Crippen LogP contribution in [0.5, 0.6) is 11.5 Å². The van der Waals surface area contributed by atoms with Crippen molar-refractivity contribution in [1.82, 2.24) is 9.88 Å². The maximum atomic E-state index is 13.4. The van der Waals surface area contributed by atoms with Gasteiger partial charge in [-0.05, 0) is 49.7 Å². The van der Waals surface area contributed by atoms with Gasteiger partial charge in [0.1, 0.15) is 29.0 Å². The van der Waals surface area contributed by atoms with Gasteiger partial charge < -0.3 is 19.9 Å². The number of anilines is 1. The highest BCUT2D eigenvalue weighted by Crippen LogP contribution is 2.28. The second kappa shape index (κ2) is 9.86. The van der Waals surface area contributed by atoms with Crippen LogP contribution in [0.15, 0.2) is 53.9 Å². The number of amides is 1. The highest BCUT2D eigenvalue weighted by Gasteiger charge is 2.40. The van der Waals surface area contributed by atoms with Gasteiger partial charge in [0.15, 0.2) is 5.13 Å². The SMILES string of the molecule is COc1ccc(-c2csc(NC(=O)CN3CC[C@H](Oc4cccc(F)c4)[C@@](C)(O)C3)n2)cc1. The number of nitrogens with zero attached hydrogens (tertiary/aromatic N) is 2. The number of aliphatic hydroxyl groups is 1. The smallest absolute Gasteiger partial charge is 0.240 e. The zero-order valence-corrected chi connectivity index (χ0v) is 19.3. The molecular formula is C24H26FN3O4S. The Hall–Kier alpha value is -3.01. The first-order valence-corrected chi connectivity index (χ1v) is 11.5. The summed E-state index contributed by atoms with van der Waals surface area (Å²) in [6.45, 7) is 2.62. The lowest BCUT2D eigenvalue weighted by atomic mass is 9.91. The first kappa shape index (κ1) is 23.2. The van der Waals surface area contributed by atoms with Crippen molar-refractivity contribution in [3.05, 3.63) is 59.7 Å². The molecule has 33 heavy (non-hydrogen) atoms. The van der Waals surface area contributed by atoms with Crippen LogP contribution in [0.4, 0.5) is 9.52 Å². The summed E-state index contributed by atoms with van der Waals surface area (Å²) in [5.41, 5.74) is 0.522. The van der Waals surface area contributed by atoms with Crippen LogP contribution in [-0.2, 0) is 4.79 Å². The van der Waals surface area contributed by atoms with Crippen molar-refractivity contribution < 1.29 is 23.8 Å². The summed E-state index contributed by atoms with van der Waals surface area (Å²) in [5, 5.41) is 16.1. The molecule has 1 fully saturated rings. The van der Waals surface area contributed by atoms with Crippen molar-refractivity contribution in [3.8, 4) is 22.8 Å². The number of rotatable bonds is 7. The monoisotopic (exact) mass is 471 g/mol. The number of β-amino-alcohol motifs (C(OH)–C–C–N with tert-alkyl or cyclic N) is 1. The summed E-state index contributed by atoms with van der Waals surface area (Å²) in [6, 6.07) is 13.4. The Labute approximate surface area is 195 Å². The summed E-state index contributed by atoms with van der Waals surface area (Å²) in [6.07, 6.45) is 0.0139. The molecule has 0 spiro atoms. The number of thiazole rings is 1. The molecule has 1 amide bonds. The van der Waals surface area contributed by atoms with Crippen LogP contribution in [0.2, 0.25) is 0 Å². The molecule has 0 saturated carbocycles.